The highest BCUT2D eigenvalue weighted by Gasteiger charge is 2.05. The molecule has 1 atom stereocenters. The fraction of sp³-hybridized carbons (Fsp3) is 0.733. The van der Waals surface area contributed by atoms with Gasteiger partial charge in [-0.15, -0.1) is 0 Å². The van der Waals surface area contributed by atoms with E-state index in [2.05, 4.69) is 49.1 Å². The van der Waals surface area contributed by atoms with Crippen molar-refractivity contribution in [3.8, 4) is 0 Å². The first-order chi connectivity index (χ1) is 8.30. The number of aromatic nitrogens is 1. The lowest BCUT2D eigenvalue weighted by Crippen LogP contribution is -2.22. The van der Waals surface area contributed by atoms with Crippen LogP contribution in [0, 0.1) is 5.92 Å². The van der Waals surface area contributed by atoms with E-state index in [9.17, 15) is 0 Å². The molecule has 0 bridgehead atoms. The topological polar surface area (TPSA) is 17.0 Å². The zero-order valence-corrected chi connectivity index (χ0v) is 11.7. The van der Waals surface area contributed by atoms with E-state index in [-0.39, 0.29) is 0 Å². The predicted molar refractivity (Wildman–Crippen MR) is 75.1 cm³/mol. The van der Waals surface area contributed by atoms with Gasteiger partial charge < -0.3 is 9.88 Å². The van der Waals surface area contributed by atoms with Crippen molar-refractivity contribution in [1.29, 1.82) is 0 Å². The maximum absolute atomic E-state index is 3.59. The van der Waals surface area contributed by atoms with Crippen LogP contribution in [0.15, 0.2) is 18.5 Å². The van der Waals surface area contributed by atoms with E-state index in [1.54, 1.807) is 0 Å². The molecule has 0 aliphatic rings. The van der Waals surface area contributed by atoms with Gasteiger partial charge in [-0.2, -0.15) is 0 Å². The molecule has 0 saturated heterocycles. The lowest BCUT2D eigenvalue weighted by atomic mass is 9.99. The van der Waals surface area contributed by atoms with Crippen molar-refractivity contribution < 1.29 is 0 Å². The second kappa shape index (κ2) is 8.35. The van der Waals surface area contributed by atoms with Crippen LogP contribution in [-0.4, -0.2) is 11.1 Å². The van der Waals surface area contributed by atoms with Gasteiger partial charge in [-0.1, -0.05) is 33.1 Å². The van der Waals surface area contributed by atoms with Gasteiger partial charge in [0.2, 0.25) is 0 Å². The summed E-state index contributed by atoms with van der Waals surface area (Å²) >= 11 is 0. The summed E-state index contributed by atoms with van der Waals surface area (Å²) in [6.45, 7) is 9.98. The molecule has 0 amide bonds. The molecule has 1 aromatic heterocycles. The van der Waals surface area contributed by atoms with E-state index >= 15 is 0 Å². The first-order valence-corrected chi connectivity index (χ1v) is 7.15. The van der Waals surface area contributed by atoms with Crippen LogP contribution >= 0.6 is 0 Å². The Morgan fingerprint density at radius 3 is 2.71 bits per heavy atom. The third-order valence-corrected chi connectivity index (χ3v) is 3.48. The first-order valence-electron chi connectivity index (χ1n) is 7.15. The van der Waals surface area contributed by atoms with E-state index < -0.39 is 0 Å². The Kier molecular flexibility index (Phi) is 7.02. The van der Waals surface area contributed by atoms with Crippen LogP contribution in [-0.2, 0) is 13.1 Å². The molecule has 1 heterocycles. The van der Waals surface area contributed by atoms with Crippen molar-refractivity contribution in [3.63, 3.8) is 0 Å². The molecule has 1 unspecified atom stereocenters. The third kappa shape index (κ3) is 5.40. The Labute approximate surface area is 106 Å². The van der Waals surface area contributed by atoms with Crippen LogP contribution in [0.3, 0.4) is 0 Å². The van der Waals surface area contributed by atoms with Crippen LogP contribution in [0.2, 0.25) is 0 Å². The molecule has 0 fully saturated rings. The standard InChI is InChI=1S/C15H28N2/c1-4-7-8-14(5-2)11-16-12-15-9-10-17(6-3)13-15/h9-10,13-14,16H,4-8,11-12H2,1-3H3. The van der Waals surface area contributed by atoms with E-state index in [0.29, 0.717) is 0 Å². The second-order valence-electron chi connectivity index (χ2n) is 4.90. The van der Waals surface area contributed by atoms with Crippen LogP contribution in [0.1, 0.15) is 52.0 Å². The Bertz CT molecular complexity index is 291. The molecule has 0 radical (unpaired) electrons. The summed E-state index contributed by atoms with van der Waals surface area (Å²) in [4.78, 5) is 0. The third-order valence-electron chi connectivity index (χ3n) is 3.48. The largest absolute Gasteiger partial charge is 0.354 e. The van der Waals surface area contributed by atoms with Gasteiger partial charge in [-0.25, -0.2) is 0 Å². The summed E-state index contributed by atoms with van der Waals surface area (Å²) in [5.74, 6) is 0.850. The number of rotatable bonds is 9. The average molecular weight is 236 g/mol. The maximum Gasteiger partial charge on any atom is 0.0220 e. The number of nitrogens with one attached hydrogen (secondary N) is 1. The zero-order chi connectivity index (χ0) is 12.5. The molecule has 1 rings (SSSR count). The van der Waals surface area contributed by atoms with Crippen LogP contribution in [0.4, 0.5) is 0 Å². The molecule has 98 valence electrons. The summed E-state index contributed by atoms with van der Waals surface area (Å²) in [6, 6.07) is 2.21. The highest BCUT2D eigenvalue weighted by atomic mass is 14.9. The lowest BCUT2D eigenvalue weighted by molar-refractivity contribution is 0.419. The maximum atomic E-state index is 3.59. The molecule has 0 aliphatic carbocycles. The quantitative estimate of drug-likeness (QED) is 0.690. The average Bonchev–Trinajstić information content (AvgIpc) is 2.81. The molecule has 0 aromatic carbocycles. The smallest absolute Gasteiger partial charge is 0.0220 e. The van der Waals surface area contributed by atoms with Gasteiger partial charge in [-0.3, -0.25) is 0 Å². The van der Waals surface area contributed by atoms with Crippen molar-refractivity contribution in [3.05, 3.63) is 24.0 Å². The van der Waals surface area contributed by atoms with Crippen molar-refractivity contribution in [2.45, 2.75) is 59.5 Å². The van der Waals surface area contributed by atoms with Crippen molar-refractivity contribution in [2.75, 3.05) is 6.54 Å². The molecular weight excluding hydrogens is 208 g/mol. The lowest BCUT2D eigenvalue weighted by Gasteiger charge is -2.14. The number of nitrogens with zero attached hydrogens (tertiary/aromatic N) is 1. The molecule has 0 spiro atoms. The van der Waals surface area contributed by atoms with Gasteiger partial charge in [-0.05, 0) is 37.4 Å². The van der Waals surface area contributed by atoms with Crippen molar-refractivity contribution >= 4 is 0 Å². The minimum absolute atomic E-state index is 0.850. The summed E-state index contributed by atoms with van der Waals surface area (Å²) in [7, 11) is 0. The SMILES string of the molecule is CCCCC(CC)CNCc1ccn(CC)c1. The fourth-order valence-electron chi connectivity index (χ4n) is 2.16. The molecule has 2 nitrogen and oxygen atoms in total. The number of unbranched alkanes of at least 4 members (excludes halogenated alkanes) is 1. The summed E-state index contributed by atoms with van der Waals surface area (Å²) in [5, 5.41) is 3.59. The minimum atomic E-state index is 0.850. The van der Waals surface area contributed by atoms with E-state index in [4.69, 9.17) is 0 Å². The molecule has 1 N–H and O–H groups in total. The summed E-state index contributed by atoms with van der Waals surface area (Å²) < 4.78 is 2.23. The van der Waals surface area contributed by atoms with Gasteiger partial charge in [0.25, 0.3) is 0 Å². The predicted octanol–water partition coefficient (Wildman–Crippen LogP) is 3.81. The van der Waals surface area contributed by atoms with Gasteiger partial charge in [0, 0.05) is 25.5 Å². The molecule has 0 aliphatic heterocycles. The molecule has 17 heavy (non-hydrogen) atoms. The van der Waals surface area contributed by atoms with Crippen molar-refractivity contribution in [1.82, 2.24) is 9.88 Å². The summed E-state index contributed by atoms with van der Waals surface area (Å²) in [5.41, 5.74) is 1.40. The fourth-order valence-corrected chi connectivity index (χ4v) is 2.16. The molecular formula is C15H28N2. The Hall–Kier alpha value is -0.760. The Morgan fingerprint density at radius 2 is 2.12 bits per heavy atom. The van der Waals surface area contributed by atoms with Gasteiger partial charge in [0.15, 0.2) is 0 Å². The Balaban J connectivity index is 2.21. The van der Waals surface area contributed by atoms with Crippen LogP contribution < -0.4 is 5.32 Å². The minimum Gasteiger partial charge on any atom is -0.354 e. The van der Waals surface area contributed by atoms with E-state index in [1.807, 2.05) is 0 Å². The molecule has 0 saturated carbocycles. The normalized spacial score (nSPS) is 12.9. The monoisotopic (exact) mass is 236 g/mol. The number of aryl methyl sites for hydroxylation is 1. The van der Waals surface area contributed by atoms with E-state index in [0.717, 1.165) is 25.6 Å². The Morgan fingerprint density at radius 1 is 1.29 bits per heavy atom. The van der Waals surface area contributed by atoms with Crippen molar-refractivity contribution in [2.24, 2.45) is 5.92 Å². The summed E-state index contributed by atoms with van der Waals surface area (Å²) in [6.07, 6.45) is 9.74. The van der Waals surface area contributed by atoms with Crippen LogP contribution in [0.25, 0.3) is 0 Å². The number of hydrogen-bond donors (Lipinski definition) is 1. The first kappa shape index (κ1) is 14.3. The highest BCUT2D eigenvalue weighted by molar-refractivity contribution is 5.09. The second-order valence-corrected chi connectivity index (χ2v) is 4.90. The van der Waals surface area contributed by atoms with Gasteiger partial charge in [0.05, 0.1) is 0 Å². The molecule has 2 heteroatoms. The van der Waals surface area contributed by atoms with Gasteiger partial charge >= 0.3 is 0 Å². The highest BCUT2D eigenvalue weighted by Crippen LogP contribution is 2.11. The number of hydrogen-bond acceptors (Lipinski definition) is 1. The molecule has 1 aromatic rings. The van der Waals surface area contributed by atoms with E-state index in [1.165, 1.54) is 31.2 Å². The van der Waals surface area contributed by atoms with Crippen LogP contribution in [0.5, 0.6) is 0 Å². The zero-order valence-electron chi connectivity index (χ0n) is 11.7. The van der Waals surface area contributed by atoms with Gasteiger partial charge in [0.1, 0.15) is 0 Å².